The van der Waals surface area contributed by atoms with Crippen molar-refractivity contribution >= 4 is 11.7 Å². The second kappa shape index (κ2) is 5.35. The lowest BCUT2D eigenvalue weighted by Gasteiger charge is -2.33. The van der Waals surface area contributed by atoms with E-state index in [1.165, 1.54) is 6.20 Å². The van der Waals surface area contributed by atoms with Crippen molar-refractivity contribution in [3.8, 4) is 0 Å². The monoisotopic (exact) mass is 249 g/mol. The van der Waals surface area contributed by atoms with E-state index in [-0.39, 0.29) is 5.41 Å². The first-order valence-corrected chi connectivity index (χ1v) is 6.17. The maximum atomic E-state index is 10.9. The Morgan fingerprint density at radius 3 is 2.78 bits per heavy atom. The Labute approximate surface area is 107 Å². The molecule has 2 heterocycles. The first kappa shape index (κ1) is 12.8. The number of anilines is 1. The van der Waals surface area contributed by atoms with Crippen LogP contribution in [0, 0.1) is 5.41 Å². The van der Waals surface area contributed by atoms with E-state index < -0.39 is 5.91 Å². The van der Waals surface area contributed by atoms with Gasteiger partial charge in [-0.05, 0) is 30.4 Å². The van der Waals surface area contributed by atoms with E-state index in [0.717, 1.165) is 38.4 Å². The van der Waals surface area contributed by atoms with Crippen LogP contribution in [0.2, 0.25) is 0 Å². The van der Waals surface area contributed by atoms with Crippen molar-refractivity contribution in [3.63, 3.8) is 0 Å². The lowest BCUT2D eigenvalue weighted by Crippen LogP contribution is -2.33. The molecule has 1 aromatic rings. The molecule has 5 heteroatoms. The number of hydrogen-bond acceptors (Lipinski definition) is 4. The van der Waals surface area contributed by atoms with E-state index in [4.69, 9.17) is 10.5 Å². The Bertz CT molecular complexity index is 411. The molecule has 0 unspecified atom stereocenters. The normalized spacial score (nSPS) is 18.3. The van der Waals surface area contributed by atoms with E-state index in [1.54, 1.807) is 12.1 Å². The third-order valence-corrected chi connectivity index (χ3v) is 3.44. The van der Waals surface area contributed by atoms with E-state index in [1.807, 2.05) is 0 Å². The van der Waals surface area contributed by atoms with Crippen molar-refractivity contribution in [1.29, 1.82) is 0 Å². The molecule has 0 saturated carbocycles. The third kappa shape index (κ3) is 3.20. The van der Waals surface area contributed by atoms with Crippen LogP contribution in [0.3, 0.4) is 0 Å². The molecule has 1 amide bonds. The number of primary amides is 1. The largest absolute Gasteiger partial charge is 0.381 e. The van der Waals surface area contributed by atoms with Crippen molar-refractivity contribution in [2.45, 2.75) is 19.8 Å². The molecule has 1 aliphatic rings. The minimum atomic E-state index is -0.453. The Kier molecular flexibility index (Phi) is 3.81. The highest BCUT2D eigenvalue weighted by Crippen LogP contribution is 2.29. The third-order valence-electron chi connectivity index (χ3n) is 3.44. The molecule has 3 N–H and O–H groups in total. The molecule has 1 fully saturated rings. The number of ether oxygens (including phenoxy) is 1. The summed E-state index contributed by atoms with van der Waals surface area (Å²) < 4.78 is 5.36. The molecular formula is C13H19N3O2. The first-order chi connectivity index (χ1) is 8.59. The summed E-state index contributed by atoms with van der Waals surface area (Å²) in [4.78, 5) is 15.1. The molecule has 1 saturated heterocycles. The van der Waals surface area contributed by atoms with Crippen molar-refractivity contribution in [2.75, 3.05) is 25.1 Å². The molecule has 1 aliphatic heterocycles. The summed E-state index contributed by atoms with van der Waals surface area (Å²) in [7, 11) is 0. The summed E-state index contributed by atoms with van der Waals surface area (Å²) in [5, 5.41) is 3.30. The number of nitrogens with two attached hydrogens (primary N) is 1. The number of carbonyl (C=O) groups is 1. The van der Waals surface area contributed by atoms with Crippen molar-refractivity contribution in [2.24, 2.45) is 11.1 Å². The highest BCUT2D eigenvalue weighted by atomic mass is 16.5. The van der Waals surface area contributed by atoms with E-state index in [0.29, 0.717) is 5.56 Å². The fraction of sp³-hybridized carbons (Fsp3) is 0.538. The second-order valence-electron chi connectivity index (χ2n) is 5.07. The summed E-state index contributed by atoms with van der Waals surface area (Å²) in [5.74, 6) is 0.318. The fourth-order valence-corrected chi connectivity index (χ4v) is 1.99. The molecule has 0 spiro atoms. The lowest BCUT2D eigenvalue weighted by molar-refractivity contribution is 0.0299. The van der Waals surface area contributed by atoms with E-state index >= 15 is 0 Å². The van der Waals surface area contributed by atoms with Crippen LogP contribution in [0.25, 0.3) is 0 Å². The molecule has 5 nitrogen and oxygen atoms in total. The number of nitrogens with zero attached hydrogens (tertiary/aromatic N) is 1. The van der Waals surface area contributed by atoms with Gasteiger partial charge in [0.1, 0.15) is 5.82 Å². The minimum absolute atomic E-state index is 0.252. The molecule has 0 radical (unpaired) electrons. The summed E-state index contributed by atoms with van der Waals surface area (Å²) in [6.07, 6.45) is 3.61. The molecule has 0 atom stereocenters. The quantitative estimate of drug-likeness (QED) is 0.845. The first-order valence-electron chi connectivity index (χ1n) is 6.17. The van der Waals surface area contributed by atoms with Gasteiger partial charge in [-0.15, -0.1) is 0 Å². The lowest BCUT2D eigenvalue weighted by atomic mass is 9.82. The van der Waals surface area contributed by atoms with Gasteiger partial charge in [0.15, 0.2) is 0 Å². The number of nitrogens with one attached hydrogen (secondary N) is 1. The fourth-order valence-electron chi connectivity index (χ4n) is 1.99. The maximum Gasteiger partial charge on any atom is 0.250 e. The molecule has 0 aliphatic carbocycles. The standard InChI is InChI=1S/C13H19N3O2/c1-13(4-6-18-7-5-13)9-16-11-3-2-10(8-15-11)12(14)17/h2-3,8H,4-7,9H2,1H3,(H2,14,17)(H,15,16). The highest BCUT2D eigenvalue weighted by molar-refractivity contribution is 5.92. The number of pyridine rings is 1. The van der Waals surface area contributed by atoms with Gasteiger partial charge in [-0.3, -0.25) is 4.79 Å². The van der Waals surface area contributed by atoms with Crippen LogP contribution < -0.4 is 11.1 Å². The van der Waals surface area contributed by atoms with Gasteiger partial charge in [-0.1, -0.05) is 6.92 Å². The van der Waals surface area contributed by atoms with Gasteiger partial charge in [-0.2, -0.15) is 0 Å². The van der Waals surface area contributed by atoms with Crippen molar-refractivity contribution in [1.82, 2.24) is 4.98 Å². The van der Waals surface area contributed by atoms with Crippen LogP contribution >= 0.6 is 0 Å². The van der Waals surface area contributed by atoms with Gasteiger partial charge >= 0.3 is 0 Å². The van der Waals surface area contributed by atoms with Gasteiger partial charge < -0.3 is 15.8 Å². The van der Waals surface area contributed by atoms with Crippen LogP contribution in [0.15, 0.2) is 18.3 Å². The van der Waals surface area contributed by atoms with Gasteiger partial charge in [0.2, 0.25) is 5.91 Å². The van der Waals surface area contributed by atoms with Gasteiger partial charge in [0.25, 0.3) is 0 Å². The molecule has 0 bridgehead atoms. The van der Waals surface area contributed by atoms with E-state index in [2.05, 4.69) is 17.2 Å². The predicted octanol–water partition coefficient (Wildman–Crippen LogP) is 1.41. The topological polar surface area (TPSA) is 77.2 Å². The molecule has 1 aromatic heterocycles. The molecule has 18 heavy (non-hydrogen) atoms. The summed E-state index contributed by atoms with van der Waals surface area (Å²) in [6.45, 7) is 4.76. The van der Waals surface area contributed by atoms with Gasteiger partial charge in [-0.25, -0.2) is 4.98 Å². The smallest absolute Gasteiger partial charge is 0.250 e. The van der Waals surface area contributed by atoms with Crippen LogP contribution in [0.5, 0.6) is 0 Å². The summed E-state index contributed by atoms with van der Waals surface area (Å²) in [5.41, 5.74) is 5.84. The SMILES string of the molecule is CC1(CNc2ccc(C(N)=O)cn2)CCOCC1. The van der Waals surface area contributed by atoms with Gasteiger partial charge in [0.05, 0.1) is 5.56 Å². The summed E-state index contributed by atoms with van der Waals surface area (Å²) >= 11 is 0. The predicted molar refractivity (Wildman–Crippen MR) is 69.4 cm³/mol. The van der Waals surface area contributed by atoms with Crippen molar-refractivity contribution < 1.29 is 9.53 Å². The number of amides is 1. The van der Waals surface area contributed by atoms with Crippen LogP contribution in [-0.2, 0) is 4.74 Å². The zero-order valence-corrected chi connectivity index (χ0v) is 10.6. The number of carbonyl (C=O) groups excluding carboxylic acids is 1. The van der Waals surface area contributed by atoms with E-state index in [9.17, 15) is 4.79 Å². The Hall–Kier alpha value is -1.62. The number of rotatable bonds is 4. The van der Waals surface area contributed by atoms with Crippen LogP contribution in [0.4, 0.5) is 5.82 Å². The molecular weight excluding hydrogens is 230 g/mol. The van der Waals surface area contributed by atoms with Crippen molar-refractivity contribution in [3.05, 3.63) is 23.9 Å². The number of hydrogen-bond donors (Lipinski definition) is 2. The van der Waals surface area contributed by atoms with Crippen LogP contribution in [-0.4, -0.2) is 30.6 Å². The van der Waals surface area contributed by atoms with Crippen LogP contribution in [0.1, 0.15) is 30.1 Å². The number of aromatic nitrogens is 1. The second-order valence-corrected chi connectivity index (χ2v) is 5.07. The van der Waals surface area contributed by atoms with Gasteiger partial charge in [0, 0.05) is 26.0 Å². The molecule has 2 rings (SSSR count). The maximum absolute atomic E-state index is 10.9. The zero-order valence-electron chi connectivity index (χ0n) is 10.6. The highest BCUT2D eigenvalue weighted by Gasteiger charge is 2.27. The zero-order chi connectivity index (χ0) is 13.0. The Morgan fingerprint density at radius 1 is 1.50 bits per heavy atom. The Morgan fingerprint density at radius 2 is 2.22 bits per heavy atom. The minimum Gasteiger partial charge on any atom is -0.381 e. The Balaban J connectivity index is 1.91. The molecule has 98 valence electrons. The summed E-state index contributed by atoms with van der Waals surface area (Å²) in [6, 6.07) is 3.47. The average Bonchev–Trinajstić information content (AvgIpc) is 2.38. The molecule has 0 aromatic carbocycles. The average molecular weight is 249 g/mol.